The molecule has 0 fully saturated rings. The molecule has 0 aliphatic heterocycles. The summed E-state index contributed by atoms with van der Waals surface area (Å²) in [6.45, 7) is 3.87. The third-order valence-corrected chi connectivity index (χ3v) is 2.58. The molecule has 0 aliphatic carbocycles. The molecule has 1 rings (SSSR count). The first kappa shape index (κ1) is 13.2. The van der Waals surface area contributed by atoms with Crippen LogP contribution in [0.25, 0.3) is 0 Å². The number of esters is 1. The van der Waals surface area contributed by atoms with Gasteiger partial charge in [0.05, 0.1) is 24.8 Å². The third-order valence-electron chi connectivity index (χ3n) is 2.58. The lowest BCUT2D eigenvalue weighted by Gasteiger charge is -2.04. The van der Waals surface area contributed by atoms with Crippen molar-refractivity contribution in [2.24, 2.45) is 7.05 Å². The molecule has 17 heavy (non-hydrogen) atoms. The van der Waals surface area contributed by atoms with Crippen LogP contribution in [0.2, 0.25) is 0 Å². The van der Waals surface area contributed by atoms with Crippen molar-refractivity contribution < 1.29 is 14.3 Å². The number of aryl methyl sites for hydroxylation is 2. The Labute approximate surface area is 99.9 Å². The van der Waals surface area contributed by atoms with Crippen LogP contribution >= 0.6 is 0 Å². The molecule has 0 aromatic carbocycles. The van der Waals surface area contributed by atoms with E-state index in [1.807, 2.05) is 6.92 Å². The van der Waals surface area contributed by atoms with E-state index in [0.717, 1.165) is 5.69 Å². The smallest absolute Gasteiger partial charge is 0.307 e. The van der Waals surface area contributed by atoms with Crippen LogP contribution in [0, 0.1) is 13.8 Å². The highest BCUT2D eigenvalue weighted by molar-refractivity contribution is 5.96. The SMILES string of the molecule is COC(=O)CCNC(=O)c1c(C)nn(C)c1C. The number of hydrogen-bond donors (Lipinski definition) is 1. The van der Waals surface area contributed by atoms with Gasteiger partial charge in [-0.15, -0.1) is 0 Å². The van der Waals surface area contributed by atoms with Crippen molar-refractivity contribution in [1.82, 2.24) is 15.1 Å². The van der Waals surface area contributed by atoms with E-state index in [4.69, 9.17) is 0 Å². The van der Waals surface area contributed by atoms with Crippen LogP contribution in [-0.4, -0.2) is 35.3 Å². The van der Waals surface area contributed by atoms with Crippen molar-refractivity contribution in [3.05, 3.63) is 17.0 Å². The lowest BCUT2D eigenvalue weighted by atomic mass is 10.2. The summed E-state index contributed by atoms with van der Waals surface area (Å²) in [6, 6.07) is 0. The number of nitrogens with one attached hydrogen (secondary N) is 1. The fourth-order valence-electron chi connectivity index (χ4n) is 1.57. The second-order valence-electron chi connectivity index (χ2n) is 3.75. The topological polar surface area (TPSA) is 73.2 Å². The number of amides is 1. The summed E-state index contributed by atoms with van der Waals surface area (Å²) >= 11 is 0. The van der Waals surface area contributed by atoms with Crippen LogP contribution in [0.15, 0.2) is 0 Å². The maximum absolute atomic E-state index is 11.9. The summed E-state index contributed by atoms with van der Waals surface area (Å²) in [7, 11) is 3.10. The van der Waals surface area contributed by atoms with Crippen molar-refractivity contribution in [3.8, 4) is 0 Å². The fraction of sp³-hybridized carbons (Fsp3) is 0.545. The number of aromatic nitrogens is 2. The molecule has 0 spiro atoms. The summed E-state index contributed by atoms with van der Waals surface area (Å²) in [5, 5.41) is 6.82. The minimum atomic E-state index is -0.343. The molecule has 0 aliphatic rings. The molecule has 0 saturated heterocycles. The quantitative estimate of drug-likeness (QED) is 0.768. The molecule has 0 bridgehead atoms. The van der Waals surface area contributed by atoms with Crippen molar-refractivity contribution in [2.75, 3.05) is 13.7 Å². The average Bonchev–Trinajstić information content (AvgIpc) is 2.52. The van der Waals surface area contributed by atoms with Gasteiger partial charge in [0.25, 0.3) is 5.91 Å². The molecule has 1 heterocycles. The molecule has 94 valence electrons. The van der Waals surface area contributed by atoms with Crippen molar-refractivity contribution in [2.45, 2.75) is 20.3 Å². The summed E-state index contributed by atoms with van der Waals surface area (Å²) < 4.78 is 6.14. The van der Waals surface area contributed by atoms with Gasteiger partial charge in [0.2, 0.25) is 0 Å². The highest BCUT2D eigenvalue weighted by Crippen LogP contribution is 2.11. The van der Waals surface area contributed by atoms with Crippen LogP contribution in [0.4, 0.5) is 0 Å². The van der Waals surface area contributed by atoms with Crippen LogP contribution in [0.1, 0.15) is 28.2 Å². The Balaban J connectivity index is 2.61. The molecule has 0 unspecified atom stereocenters. The zero-order valence-corrected chi connectivity index (χ0v) is 10.5. The Kier molecular flexibility index (Phi) is 4.25. The van der Waals surface area contributed by atoms with Crippen molar-refractivity contribution >= 4 is 11.9 Å². The number of carbonyl (C=O) groups is 2. The van der Waals surface area contributed by atoms with Gasteiger partial charge in [0, 0.05) is 19.3 Å². The number of rotatable bonds is 4. The number of carbonyl (C=O) groups excluding carboxylic acids is 2. The standard InChI is InChI=1S/C11H17N3O3/c1-7-10(8(2)14(3)13-7)11(16)12-6-5-9(15)17-4/h5-6H2,1-4H3,(H,12,16). The van der Waals surface area contributed by atoms with Gasteiger partial charge in [-0.25, -0.2) is 0 Å². The van der Waals surface area contributed by atoms with E-state index in [1.54, 1.807) is 18.7 Å². The lowest BCUT2D eigenvalue weighted by molar-refractivity contribution is -0.140. The molecule has 0 radical (unpaired) electrons. The minimum absolute atomic E-state index is 0.167. The Hall–Kier alpha value is -1.85. The predicted octanol–water partition coefficient (Wildman–Crippen LogP) is 0.330. The van der Waals surface area contributed by atoms with Crippen LogP contribution in [0.5, 0.6) is 0 Å². The molecule has 0 atom stereocenters. The van der Waals surface area contributed by atoms with Gasteiger partial charge in [-0.2, -0.15) is 5.10 Å². The van der Waals surface area contributed by atoms with E-state index < -0.39 is 0 Å². The summed E-state index contributed by atoms with van der Waals surface area (Å²) in [4.78, 5) is 22.7. The fourth-order valence-corrected chi connectivity index (χ4v) is 1.57. The molecule has 1 aromatic heterocycles. The van der Waals surface area contributed by atoms with E-state index in [0.29, 0.717) is 11.3 Å². The van der Waals surface area contributed by atoms with Gasteiger partial charge < -0.3 is 10.1 Å². The monoisotopic (exact) mass is 239 g/mol. The first-order valence-electron chi connectivity index (χ1n) is 5.32. The minimum Gasteiger partial charge on any atom is -0.469 e. The largest absolute Gasteiger partial charge is 0.469 e. The maximum Gasteiger partial charge on any atom is 0.307 e. The normalized spacial score (nSPS) is 10.1. The highest BCUT2D eigenvalue weighted by Gasteiger charge is 2.16. The van der Waals surface area contributed by atoms with E-state index in [-0.39, 0.29) is 24.8 Å². The first-order chi connectivity index (χ1) is 7.97. The molecule has 1 amide bonds. The predicted molar refractivity (Wildman–Crippen MR) is 61.6 cm³/mol. The van der Waals surface area contributed by atoms with Gasteiger partial charge in [-0.1, -0.05) is 0 Å². The van der Waals surface area contributed by atoms with E-state index in [2.05, 4.69) is 15.2 Å². The van der Waals surface area contributed by atoms with Gasteiger partial charge in [0.15, 0.2) is 0 Å². The maximum atomic E-state index is 11.9. The second-order valence-corrected chi connectivity index (χ2v) is 3.75. The Morgan fingerprint density at radius 1 is 1.41 bits per heavy atom. The molecule has 1 N–H and O–H groups in total. The van der Waals surface area contributed by atoms with E-state index in [1.165, 1.54) is 7.11 Å². The summed E-state index contributed by atoms with van der Waals surface area (Å²) in [6.07, 6.45) is 0.167. The number of methoxy groups -OCH3 is 1. The van der Waals surface area contributed by atoms with Crippen molar-refractivity contribution in [3.63, 3.8) is 0 Å². The number of hydrogen-bond acceptors (Lipinski definition) is 4. The molecule has 6 nitrogen and oxygen atoms in total. The Morgan fingerprint density at radius 2 is 2.06 bits per heavy atom. The summed E-state index contributed by atoms with van der Waals surface area (Å²) in [5.41, 5.74) is 2.05. The first-order valence-corrected chi connectivity index (χ1v) is 5.32. The van der Waals surface area contributed by atoms with Gasteiger partial charge in [-0.05, 0) is 13.8 Å². The number of ether oxygens (including phenoxy) is 1. The Bertz CT molecular complexity index is 437. The average molecular weight is 239 g/mol. The number of nitrogens with zero attached hydrogens (tertiary/aromatic N) is 2. The molecule has 6 heteroatoms. The molecule has 0 saturated carbocycles. The van der Waals surface area contributed by atoms with Crippen LogP contribution in [0.3, 0.4) is 0 Å². The lowest BCUT2D eigenvalue weighted by Crippen LogP contribution is -2.27. The molecular formula is C11H17N3O3. The van der Waals surface area contributed by atoms with Crippen LogP contribution < -0.4 is 5.32 Å². The highest BCUT2D eigenvalue weighted by atomic mass is 16.5. The van der Waals surface area contributed by atoms with E-state index in [9.17, 15) is 9.59 Å². The zero-order chi connectivity index (χ0) is 13.0. The van der Waals surface area contributed by atoms with Gasteiger partial charge in [-0.3, -0.25) is 14.3 Å². The van der Waals surface area contributed by atoms with E-state index >= 15 is 0 Å². The summed E-state index contributed by atoms with van der Waals surface area (Å²) in [5.74, 6) is -0.554. The molecular weight excluding hydrogens is 222 g/mol. The molecule has 1 aromatic rings. The second kappa shape index (κ2) is 5.47. The Morgan fingerprint density at radius 3 is 2.53 bits per heavy atom. The third kappa shape index (κ3) is 3.05. The van der Waals surface area contributed by atoms with Gasteiger partial charge >= 0.3 is 5.97 Å². The zero-order valence-electron chi connectivity index (χ0n) is 10.5. The van der Waals surface area contributed by atoms with Crippen molar-refractivity contribution in [1.29, 1.82) is 0 Å². The van der Waals surface area contributed by atoms with Gasteiger partial charge in [0.1, 0.15) is 0 Å². The van der Waals surface area contributed by atoms with Crippen LogP contribution in [-0.2, 0) is 16.6 Å².